The highest BCUT2D eigenvalue weighted by Crippen LogP contribution is 2.24. The summed E-state index contributed by atoms with van der Waals surface area (Å²) in [6.45, 7) is 1.63. The Morgan fingerprint density at radius 3 is 2.79 bits per heavy atom. The predicted molar refractivity (Wildman–Crippen MR) is 65.8 cm³/mol. The predicted octanol–water partition coefficient (Wildman–Crippen LogP) is 1.81. The van der Waals surface area contributed by atoms with Gasteiger partial charge in [0, 0.05) is 0 Å². The van der Waals surface area contributed by atoms with Crippen molar-refractivity contribution in [2.45, 2.75) is 6.92 Å². The minimum absolute atomic E-state index is 0.0610. The molecule has 19 heavy (non-hydrogen) atoms. The molecular formula is C12H11FN4O2. The molecule has 0 fully saturated rings. The minimum Gasteiger partial charge on any atom is -0.434 e. The minimum atomic E-state index is -0.454. The summed E-state index contributed by atoms with van der Waals surface area (Å²) < 4.78 is 19.0. The molecule has 1 aromatic heterocycles. The molecule has 0 aliphatic heterocycles. The van der Waals surface area contributed by atoms with Gasteiger partial charge in [-0.1, -0.05) is 17.3 Å². The zero-order chi connectivity index (χ0) is 13.8. The van der Waals surface area contributed by atoms with E-state index in [1.165, 1.54) is 18.5 Å². The van der Waals surface area contributed by atoms with Crippen molar-refractivity contribution in [3.8, 4) is 11.6 Å². The van der Waals surface area contributed by atoms with Gasteiger partial charge in [0.1, 0.15) is 5.69 Å². The molecule has 0 aliphatic rings. The number of halogens is 1. The summed E-state index contributed by atoms with van der Waals surface area (Å²) in [7, 11) is 0. The number of ether oxygens (including phenoxy) is 1. The highest BCUT2D eigenvalue weighted by atomic mass is 19.1. The van der Waals surface area contributed by atoms with Gasteiger partial charge in [-0.2, -0.15) is 0 Å². The molecule has 0 radical (unpaired) electrons. The summed E-state index contributed by atoms with van der Waals surface area (Å²) in [5.41, 5.74) is 6.00. The summed E-state index contributed by atoms with van der Waals surface area (Å²) in [4.78, 5) is 7.76. The standard InChI is InChI=1S/C12H11FN4O2/c1-7-3-2-4-9(11(7)13)19-10-6-15-8(5-16-10)12(14)17-18/h2-6,18H,1H3,(H2,14,17). The van der Waals surface area contributed by atoms with Crippen LogP contribution < -0.4 is 10.5 Å². The maximum atomic E-state index is 13.7. The van der Waals surface area contributed by atoms with Crippen LogP contribution in [-0.4, -0.2) is 21.0 Å². The Labute approximate surface area is 108 Å². The van der Waals surface area contributed by atoms with Crippen LogP contribution in [0.2, 0.25) is 0 Å². The first kappa shape index (κ1) is 12.7. The number of nitrogens with two attached hydrogens (primary N) is 1. The molecule has 0 amide bonds. The molecule has 0 saturated heterocycles. The fraction of sp³-hybridized carbons (Fsp3) is 0.0833. The van der Waals surface area contributed by atoms with Crippen molar-refractivity contribution < 1.29 is 14.3 Å². The van der Waals surface area contributed by atoms with E-state index in [0.717, 1.165) is 0 Å². The van der Waals surface area contributed by atoms with E-state index in [0.29, 0.717) is 5.56 Å². The molecule has 7 heteroatoms. The van der Waals surface area contributed by atoms with E-state index in [9.17, 15) is 4.39 Å². The van der Waals surface area contributed by atoms with E-state index < -0.39 is 5.82 Å². The van der Waals surface area contributed by atoms with Crippen LogP contribution >= 0.6 is 0 Å². The van der Waals surface area contributed by atoms with Crippen LogP contribution in [0.25, 0.3) is 0 Å². The first-order chi connectivity index (χ1) is 9.11. The summed E-state index contributed by atoms with van der Waals surface area (Å²) in [6.07, 6.45) is 2.52. The SMILES string of the molecule is Cc1cccc(Oc2cnc(/C(N)=N/O)cn2)c1F. The molecule has 0 aliphatic carbocycles. The van der Waals surface area contributed by atoms with E-state index in [4.69, 9.17) is 15.7 Å². The van der Waals surface area contributed by atoms with Gasteiger partial charge in [0.15, 0.2) is 17.4 Å². The summed E-state index contributed by atoms with van der Waals surface area (Å²) in [5.74, 6) is -0.449. The highest BCUT2D eigenvalue weighted by Gasteiger charge is 2.09. The van der Waals surface area contributed by atoms with Crippen molar-refractivity contribution in [2.75, 3.05) is 0 Å². The third-order valence-electron chi connectivity index (χ3n) is 2.37. The number of oxime groups is 1. The van der Waals surface area contributed by atoms with Gasteiger partial charge < -0.3 is 15.7 Å². The first-order valence-corrected chi connectivity index (χ1v) is 5.34. The third-order valence-corrected chi connectivity index (χ3v) is 2.37. The van der Waals surface area contributed by atoms with Crippen molar-refractivity contribution in [2.24, 2.45) is 10.9 Å². The van der Waals surface area contributed by atoms with Crippen LogP contribution in [0.4, 0.5) is 4.39 Å². The number of aromatic nitrogens is 2. The number of nitrogens with zero attached hydrogens (tertiary/aromatic N) is 3. The lowest BCUT2D eigenvalue weighted by Crippen LogP contribution is -2.15. The van der Waals surface area contributed by atoms with Crippen molar-refractivity contribution in [1.29, 1.82) is 0 Å². The van der Waals surface area contributed by atoms with Gasteiger partial charge in [-0.05, 0) is 18.6 Å². The van der Waals surface area contributed by atoms with Gasteiger partial charge in [0.2, 0.25) is 5.88 Å². The maximum absolute atomic E-state index is 13.7. The van der Waals surface area contributed by atoms with Gasteiger partial charge in [-0.25, -0.2) is 14.4 Å². The quantitative estimate of drug-likeness (QED) is 0.381. The maximum Gasteiger partial charge on any atom is 0.238 e. The zero-order valence-corrected chi connectivity index (χ0v) is 10.0. The molecular weight excluding hydrogens is 251 g/mol. The lowest BCUT2D eigenvalue weighted by Gasteiger charge is -2.07. The van der Waals surface area contributed by atoms with Crippen LogP contribution in [0, 0.1) is 12.7 Å². The number of amidine groups is 1. The second-order valence-corrected chi connectivity index (χ2v) is 3.71. The van der Waals surface area contributed by atoms with Gasteiger partial charge in [0.25, 0.3) is 0 Å². The van der Waals surface area contributed by atoms with Crippen LogP contribution in [0.3, 0.4) is 0 Å². The average Bonchev–Trinajstić information content (AvgIpc) is 2.44. The molecule has 2 rings (SSSR count). The second-order valence-electron chi connectivity index (χ2n) is 3.71. The second kappa shape index (κ2) is 5.30. The fourth-order valence-corrected chi connectivity index (χ4v) is 1.36. The molecule has 0 bridgehead atoms. The lowest BCUT2D eigenvalue weighted by molar-refractivity contribution is 0.318. The Morgan fingerprint density at radius 2 is 2.16 bits per heavy atom. The summed E-state index contributed by atoms with van der Waals surface area (Å²) >= 11 is 0. The van der Waals surface area contributed by atoms with Crippen molar-refractivity contribution >= 4 is 5.84 Å². The Hall–Kier alpha value is -2.70. The van der Waals surface area contributed by atoms with Gasteiger partial charge >= 0.3 is 0 Å². The lowest BCUT2D eigenvalue weighted by atomic mass is 10.2. The zero-order valence-electron chi connectivity index (χ0n) is 10.0. The smallest absolute Gasteiger partial charge is 0.238 e. The highest BCUT2D eigenvalue weighted by molar-refractivity contribution is 5.94. The summed E-state index contributed by atoms with van der Waals surface area (Å²) in [5, 5.41) is 11.3. The number of hydrogen-bond donors (Lipinski definition) is 2. The molecule has 0 unspecified atom stereocenters. The first-order valence-electron chi connectivity index (χ1n) is 5.34. The Kier molecular flexibility index (Phi) is 3.56. The average molecular weight is 262 g/mol. The van der Waals surface area contributed by atoms with Crippen molar-refractivity contribution in [3.05, 3.63) is 47.7 Å². The molecule has 2 aromatic rings. The summed E-state index contributed by atoms with van der Waals surface area (Å²) in [6, 6.07) is 4.79. The molecule has 6 nitrogen and oxygen atoms in total. The van der Waals surface area contributed by atoms with Crippen LogP contribution in [0.15, 0.2) is 35.7 Å². The van der Waals surface area contributed by atoms with E-state index in [2.05, 4.69) is 15.1 Å². The largest absolute Gasteiger partial charge is 0.434 e. The topological polar surface area (TPSA) is 93.6 Å². The van der Waals surface area contributed by atoms with E-state index in [1.54, 1.807) is 19.1 Å². The van der Waals surface area contributed by atoms with Crippen LogP contribution in [-0.2, 0) is 0 Å². The van der Waals surface area contributed by atoms with Gasteiger partial charge in [-0.15, -0.1) is 0 Å². The van der Waals surface area contributed by atoms with E-state index in [-0.39, 0.29) is 23.2 Å². The molecule has 0 atom stereocenters. The van der Waals surface area contributed by atoms with E-state index in [1.807, 2.05) is 0 Å². The molecule has 0 saturated carbocycles. The number of hydrogen-bond acceptors (Lipinski definition) is 5. The van der Waals surface area contributed by atoms with Crippen molar-refractivity contribution in [1.82, 2.24) is 9.97 Å². The molecule has 98 valence electrons. The number of aryl methyl sites for hydroxylation is 1. The number of rotatable bonds is 3. The van der Waals surface area contributed by atoms with Crippen LogP contribution in [0.5, 0.6) is 11.6 Å². The van der Waals surface area contributed by atoms with Crippen molar-refractivity contribution in [3.63, 3.8) is 0 Å². The molecule has 3 N–H and O–H groups in total. The monoisotopic (exact) mass is 262 g/mol. The number of benzene rings is 1. The fourth-order valence-electron chi connectivity index (χ4n) is 1.36. The Bertz CT molecular complexity index is 614. The molecule has 0 spiro atoms. The van der Waals surface area contributed by atoms with Gasteiger partial charge in [0.05, 0.1) is 12.4 Å². The normalized spacial score (nSPS) is 11.4. The van der Waals surface area contributed by atoms with E-state index >= 15 is 0 Å². The van der Waals surface area contributed by atoms with Gasteiger partial charge in [-0.3, -0.25) is 0 Å². The molecule has 1 aromatic carbocycles. The third kappa shape index (κ3) is 2.76. The molecule has 1 heterocycles. The van der Waals surface area contributed by atoms with Crippen LogP contribution in [0.1, 0.15) is 11.3 Å². The Balaban J connectivity index is 2.22. The Morgan fingerprint density at radius 1 is 1.37 bits per heavy atom.